The van der Waals surface area contributed by atoms with Crippen molar-refractivity contribution in [3.8, 4) is 0 Å². The molecule has 2 aromatic carbocycles. The molecule has 0 bridgehead atoms. The quantitative estimate of drug-likeness (QED) is 0.736. The molecule has 0 aromatic heterocycles. The van der Waals surface area contributed by atoms with E-state index in [1.54, 1.807) is 11.8 Å². The third-order valence-electron chi connectivity index (χ3n) is 2.95. The van der Waals surface area contributed by atoms with E-state index in [2.05, 4.69) is 0 Å². The number of thioether (sulfide) groups is 1. The van der Waals surface area contributed by atoms with Gasteiger partial charge in [0.25, 0.3) is 0 Å². The second kappa shape index (κ2) is 8.85. The third kappa shape index (κ3) is 5.89. The van der Waals surface area contributed by atoms with Crippen LogP contribution in [0.4, 0.5) is 0 Å². The van der Waals surface area contributed by atoms with Crippen LogP contribution in [0.1, 0.15) is 11.1 Å². The molecule has 0 aliphatic rings. The normalized spacial score (nSPS) is 12.3. The Morgan fingerprint density at radius 2 is 1.76 bits per heavy atom. The van der Waals surface area contributed by atoms with Crippen molar-refractivity contribution in [2.24, 2.45) is 0 Å². The summed E-state index contributed by atoms with van der Waals surface area (Å²) in [4.78, 5) is 1.05. The molecular formula is C17H20O3S. The average Bonchev–Trinajstić information content (AvgIpc) is 2.54. The van der Waals surface area contributed by atoms with Crippen LogP contribution in [0.2, 0.25) is 0 Å². The molecule has 0 saturated carbocycles. The standard InChI is InChI=1S/C17H20O3S/c18-10-15-7-4-8-17(9-15)21-13-16(19)12-20-11-14-5-2-1-3-6-14/h1-9,16,18-19H,10-13H2. The molecule has 0 amide bonds. The van der Waals surface area contributed by atoms with Crippen LogP contribution in [-0.2, 0) is 18.0 Å². The van der Waals surface area contributed by atoms with Crippen LogP contribution < -0.4 is 0 Å². The molecule has 2 N–H and O–H groups in total. The fourth-order valence-electron chi connectivity index (χ4n) is 1.86. The smallest absolute Gasteiger partial charge is 0.0867 e. The molecule has 21 heavy (non-hydrogen) atoms. The van der Waals surface area contributed by atoms with E-state index in [1.807, 2.05) is 54.6 Å². The van der Waals surface area contributed by atoms with Crippen molar-refractivity contribution < 1.29 is 14.9 Å². The number of aliphatic hydroxyl groups excluding tert-OH is 2. The van der Waals surface area contributed by atoms with Crippen LogP contribution in [0.3, 0.4) is 0 Å². The molecule has 0 aliphatic heterocycles. The highest BCUT2D eigenvalue weighted by Gasteiger charge is 2.06. The first-order valence-corrected chi connectivity index (χ1v) is 7.89. The summed E-state index contributed by atoms with van der Waals surface area (Å²) in [6, 6.07) is 17.6. The maximum atomic E-state index is 9.92. The van der Waals surface area contributed by atoms with E-state index in [0.717, 1.165) is 16.0 Å². The summed E-state index contributed by atoms with van der Waals surface area (Å²) in [5.74, 6) is 0.573. The van der Waals surface area contributed by atoms with Crippen molar-refractivity contribution in [1.82, 2.24) is 0 Å². The molecule has 1 unspecified atom stereocenters. The van der Waals surface area contributed by atoms with Gasteiger partial charge in [-0.1, -0.05) is 42.5 Å². The highest BCUT2D eigenvalue weighted by atomic mass is 32.2. The van der Waals surface area contributed by atoms with Crippen molar-refractivity contribution in [2.45, 2.75) is 24.2 Å². The number of ether oxygens (including phenoxy) is 1. The zero-order valence-corrected chi connectivity index (χ0v) is 12.6. The van der Waals surface area contributed by atoms with Crippen LogP contribution >= 0.6 is 11.8 Å². The van der Waals surface area contributed by atoms with Crippen LogP contribution in [0.25, 0.3) is 0 Å². The van der Waals surface area contributed by atoms with Gasteiger partial charge in [-0.25, -0.2) is 0 Å². The summed E-state index contributed by atoms with van der Waals surface area (Å²) in [5, 5.41) is 19.0. The van der Waals surface area contributed by atoms with Gasteiger partial charge in [0.15, 0.2) is 0 Å². The predicted molar refractivity (Wildman–Crippen MR) is 85.2 cm³/mol. The van der Waals surface area contributed by atoms with E-state index < -0.39 is 6.10 Å². The molecule has 0 fully saturated rings. The molecule has 0 radical (unpaired) electrons. The average molecular weight is 304 g/mol. The molecule has 1 atom stereocenters. The number of hydrogen-bond donors (Lipinski definition) is 2. The Balaban J connectivity index is 1.68. The first-order chi connectivity index (χ1) is 10.3. The van der Waals surface area contributed by atoms with Crippen molar-refractivity contribution in [1.29, 1.82) is 0 Å². The second-order valence-electron chi connectivity index (χ2n) is 4.77. The first kappa shape index (κ1) is 16.0. The van der Waals surface area contributed by atoms with E-state index in [9.17, 15) is 5.11 Å². The van der Waals surface area contributed by atoms with Gasteiger partial charge < -0.3 is 14.9 Å². The van der Waals surface area contributed by atoms with E-state index in [4.69, 9.17) is 9.84 Å². The number of rotatable bonds is 8. The minimum absolute atomic E-state index is 0.0388. The Hall–Kier alpha value is -1.33. The topological polar surface area (TPSA) is 49.7 Å². The number of hydrogen-bond acceptors (Lipinski definition) is 4. The molecule has 2 aromatic rings. The summed E-state index contributed by atoms with van der Waals surface area (Å²) >= 11 is 1.56. The maximum Gasteiger partial charge on any atom is 0.0867 e. The zero-order valence-electron chi connectivity index (χ0n) is 11.8. The van der Waals surface area contributed by atoms with Crippen LogP contribution in [0, 0.1) is 0 Å². The van der Waals surface area contributed by atoms with Gasteiger partial charge >= 0.3 is 0 Å². The Bertz CT molecular complexity index is 531. The molecule has 3 nitrogen and oxygen atoms in total. The predicted octanol–water partition coefficient (Wildman–Crippen LogP) is 2.85. The summed E-state index contributed by atoms with van der Waals surface area (Å²) in [6.07, 6.45) is -0.503. The van der Waals surface area contributed by atoms with Crippen molar-refractivity contribution >= 4 is 11.8 Å². The van der Waals surface area contributed by atoms with Crippen LogP contribution in [-0.4, -0.2) is 28.7 Å². The molecular weight excluding hydrogens is 284 g/mol. The lowest BCUT2D eigenvalue weighted by atomic mass is 10.2. The zero-order chi connectivity index (χ0) is 14.9. The fraction of sp³-hybridized carbons (Fsp3) is 0.294. The Kier molecular flexibility index (Phi) is 6.76. The molecule has 4 heteroatoms. The number of aliphatic hydroxyl groups is 2. The Labute approximate surface area is 129 Å². The van der Waals surface area contributed by atoms with E-state index in [-0.39, 0.29) is 6.61 Å². The van der Waals surface area contributed by atoms with Gasteiger partial charge in [-0.2, -0.15) is 0 Å². The maximum absolute atomic E-state index is 9.92. The lowest BCUT2D eigenvalue weighted by Gasteiger charge is -2.11. The van der Waals surface area contributed by atoms with Crippen molar-refractivity contribution in [2.75, 3.05) is 12.4 Å². The second-order valence-corrected chi connectivity index (χ2v) is 5.86. The largest absolute Gasteiger partial charge is 0.392 e. The monoisotopic (exact) mass is 304 g/mol. The van der Waals surface area contributed by atoms with Gasteiger partial charge in [-0.05, 0) is 23.3 Å². The summed E-state index contributed by atoms with van der Waals surface area (Å²) in [7, 11) is 0. The van der Waals surface area contributed by atoms with Gasteiger partial charge in [0, 0.05) is 10.6 Å². The van der Waals surface area contributed by atoms with Crippen molar-refractivity contribution in [3.63, 3.8) is 0 Å². The van der Waals surface area contributed by atoms with Crippen LogP contribution in [0.5, 0.6) is 0 Å². The minimum Gasteiger partial charge on any atom is -0.392 e. The van der Waals surface area contributed by atoms with Gasteiger partial charge in [0.2, 0.25) is 0 Å². The fourth-order valence-corrected chi connectivity index (χ4v) is 2.75. The number of benzene rings is 2. The summed E-state index contributed by atoms with van der Waals surface area (Å²) < 4.78 is 5.51. The molecule has 2 rings (SSSR count). The van der Waals surface area contributed by atoms with Gasteiger partial charge in [-0.3, -0.25) is 0 Å². The van der Waals surface area contributed by atoms with Gasteiger partial charge in [-0.15, -0.1) is 11.8 Å². The SMILES string of the molecule is OCc1cccc(SCC(O)COCc2ccccc2)c1. The Morgan fingerprint density at radius 3 is 2.52 bits per heavy atom. The minimum atomic E-state index is -0.503. The van der Waals surface area contributed by atoms with Gasteiger partial charge in [0.1, 0.15) is 0 Å². The van der Waals surface area contributed by atoms with E-state index in [0.29, 0.717) is 19.0 Å². The molecule has 112 valence electrons. The first-order valence-electron chi connectivity index (χ1n) is 6.90. The summed E-state index contributed by atoms with van der Waals surface area (Å²) in [5.41, 5.74) is 1.99. The third-order valence-corrected chi connectivity index (χ3v) is 4.08. The lowest BCUT2D eigenvalue weighted by Crippen LogP contribution is -2.17. The van der Waals surface area contributed by atoms with E-state index >= 15 is 0 Å². The highest BCUT2D eigenvalue weighted by molar-refractivity contribution is 7.99. The summed E-state index contributed by atoms with van der Waals surface area (Å²) in [6.45, 7) is 0.876. The molecule has 0 heterocycles. The highest BCUT2D eigenvalue weighted by Crippen LogP contribution is 2.20. The molecule has 0 saturated heterocycles. The lowest BCUT2D eigenvalue weighted by molar-refractivity contribution is 0.0398. The van der Waals surface area contributed by atoms with Gasteiger partial charge in [0.05, 0.1) is 25.9 Å². The van der Waals surface area contributed by atoms with Crippen molar-refractivity contribution in [3.05, 3.63) is 65.7 Å². The molecule has 0 aliphatic carbocycles. The van der Waals surface area contributed by atoms with Crippen LogP contribution in [0.15, 0.2) is 59.5 Å². The molecule has 0 spiro atoms. The van der Waals surface area contributed by atoms with E-state index in [1.165, 1.54) is 0 Å². The Morgan fingerprint density at radius 1 is 1.00 bits per heavy atom.